The molecule has 0 spiro atoms. The van der Waals surface area contributed by atoms with E-state index >= 15 is 0 Å². The number of carbonyl (C=O) groups excluding carboxylic acids is 1. The summed E-state index contributed by atoms with van der Waals surface area (Å²) in [5.74, 6) is -0.991. The first-order valence-electron chi connectivity index (χ1n) is 4.69. The summed E-state index contributed by atoms with van der Waals surface area (Å²) in [6.45, 7) is 0.855. The van der Waals surface area contributed by atoms with Crippen LogP contribution < -0.4 is 0 Å². The van der Waals surface area contributed by atoms with Crippen LogP contribution in [-0.4, -0.2) is 60.0 Å². The van der Waals surface area contributed by atoms with Crippen LogP contribution in [0.15, 0.2) is 0 Å². The minimum absolute atomic E-state index is 0.0973. The smallest absolute Gasteiger partial charge is 0.326 e. The Kier molecular flexibility index (Phi) is 3.46. The van der Waals surface area contributed by atoms with E-state index in [1.807, 2.05) is 0 Å². The Labute approximate surface area is 83.3 Å². The molecule has 5 heteroatoms. The van der Waals surface area contributed by atoms with Crippen LogP contribution in [0.1, 0.15) is 12.8 Å². The third-order valence-corrected chi connectivity index (χ3v) is 2.31. The van der Waals surface area contributed by atoms with Crippen molar-refractivity contribution >= 4 is 11.9 Å². The SMILES string of the molecule is CN(C)CC(=O)N1CCC[C@@H]1C(=O)O. The summed E-state index contributed by atoms with van der Waals surface area (Å²) < 4.78 is 0. The predicted octanol–water partition coefficient (Wildman–Crippen LogP) is -0.376. The molecule has 1 amide bonds. The van der Waals surface area contributed by atoms with E-state index in [2.05, 4.69) is 0 Å². The first-order valence-corrected chi connectivity index (χ1v) is 4.69. The zero-order valence-corrected chi connectivity index (χ0v) is 8.56. The second kappa shape index (κ2) is 4.41. The van der Waals surface area contributed by atoms with Gasteiger partial charge in [0.1, 0.15) is 6.04 Å². The first kappa shape index (κ1) is 11.0. The summed E-state index contributed by atoms with van der Waals surface area (Å²) in [7, 11) is 3.59. The van der Waals surface area contributed by atoms with E-state index in [-0.39, 0.29) is 12.5 Å². The lowest BCUT2D eigenvalue weighted by molar-refractivity contribution is -0.148. The summed E-state index contributed by atoms with van der Waals surface area (Å²) >= 11 is 0. The number of likely N-dealkylation sites (N-methyl/N-ethyl adjacent to an activating group) is 1. The second-order valence-electron chi connectivity index (χ2n) is 3.82. The number of hydrogen-bond donors (Lipinski definition) is 1. The fourth-order valence-corrected chi connectivity index (χ4v) is 1.68. The monoisotopic (exact) mass is 200 g/mol. The Balaban J connectivity index is 2.58. The molecule has 1 heterocycles. The maximum atomic E-state index is 11.6. The van der Waals surface area contributed by atoms with Gasteiger partial charge in [0.2, 0.25) is 5.91 Å². The number of nitrogens with zero attached hydrogens (tertiary/aromatic N) is 2. The molecule has 0 saturated carbocycles. The number of aliphatic carboxylic acids is 1. The van der Waals surface area contributed by atoms with Crippen LogP contribution >= 0.6 is 0 Å². The Morgan fingerprint density at radius 2 is 2.14 bits per heavy atom. The molecule has 0 aromatic rings. The molecule has 5 nitrogen and oxygen atoms in total. The van der Waals surface area contributed by atoms with Crippen LogP contribution in [0.25, 0.3) is 0 Å². The van der Waals surface area contributed by atoms with Gasteiger partial charge in [0.05, 0.1) is 6.54 Å². The van der Waals surface area contributed by atoms with E-state index in [1.165, 1.54) is 4.90 Å². The van der Waals surface area contributed by atoms with Crippen LogP contribution in [0, 0.1) is 0 Å². The normalized spacial score (nSPS) is 21.6. The van der Waals surface area contributed by atoms with Gasteiger partial charge >= 0.3 is 5.97 Å². The third kappa shape index (κ3) is 2.45. The van der Waals surface area contributed by atoms with Crippen molar-refractivity contribution in [3.05, 3.63) is 0 Å². The number of rotatable bonds is 3. The van der Waals surface area contributed by atoms with Crippen molar-refractivity contribution < 1.29 is 14.7 Å². The Morgan fingerprint density at radius 3 is 2.64 bits per heavy atom. The van der Waals surface area contributed by atoms with E-state index in [4.69, 9.17) is 5.11 Å². The molecule has 1 aliphatic heterocycles. The van der Waals surface area contributed by atoms with Crippen molar-refractivity contribution in [2.75, 3.05) is 27.2 Å². The molecule has 0 radical (unpaired) electrons. The molecule has 1 N–H and O–H groups in total. The molecule has 1 atom stereocenters. The van der Waals surface area contributed by atoms with E-state index in [1.54, 1.807) is 19.0 Å². The van der Waals surface area contributed by atoms with E-state index in [0.29, 0.717) is 13.0 Å². The summed E-state index contributed by atoms with van der Waals surface area (Å²) in [4.78, 5) is 25.6. The molecule has 1 rings (SSSR count). The molecule has 1 aliphatic rings. The second-order valence-corrected chi connectivity index (χ2v) is 3.82. The lowest BCUT2D eigenvalue weighted by Gasteiger charge is -2.22. The topological polar surface area (TPSA) is 60.9 Å². The Morgan fingerprint density at radius 1 is 1.50 bits per heavy atom. The highest BCUT2D eigenvalue weighted by Gasteiger charge is 2.33. The Bertz CT molecular complexity index is 240. The maximum absolute atomic E-state index is 11.6. The maximum Gasteiger partial charge on any atom is 0.326 e. The van der Waals surface area contributed by atoms with Gasteiger partial charge in [0.25, 0.3) is 0 Å². The van der Waals surface area contributed by atoms with Crippen molar-refractivity contribution in [3.63, 3.8) is 0 Å². The van der Waals surface area contributed by atoms with E-state index in [9.17, 15) is 9.59 Å². The van der Waals surface area contributed by atoms with Crippen molar-refractivity contribution in [1.82, 2.24) is 9.80 Å². The van der Waals surface area contributed by atoms with Gasteiger partial charge in [-0.2, -0.15) is 0 Å². The summed E-state index contributed by atoms with van der Waals surface area (Å²) in [6.07, 6.45) is 1.37. The molecule has 0 aromatic carbocycles. The van der Waals surface area contributed by atoms with Crippen molar-refractivity contribution in [3.8, 4) is 0 Å². The zero-order chi connectivity index (χ0) is 10.7. The molecule has 1 fully saturated rings. The third-order valence-electron chi connectivity index (χ3n) is 2.31. The van der Waals surface area contributed by atoms with Crippen molar-refractivity contribution in [2.24, 2.45) is 0 Å². The number of amides is 1. The molecular formula is C9H16N2O3. The first-order chi connectivity index (χ1) is 6.52. The highest BCUT2D eigenvalue weighted by atomic mass is 16.4. The molecular weight excluding hydrogens is 184 g/mol. The minimum atomic E-state index is -0.894. The molecule has 0 bridgehead atoms. The summed E-state index contributed by atoms with van der Waals surface area (Å²) in [6, 6.07) is -0.609. The lowest BCUT2D eigenvalue weighted by atomic mass is 10.2. The van der Waals surface area contributed by atoms with Crippen molar-refractivity contribution in [2.45, 2.75) is 18.9 Å². The molecule has 80 valence electrons. The average molecular weight is 200 g/mol. The van der Waals surface area contributed by atoms with Crippen LogP contribution in [0.3, 0.4) is 0 Å². The number of carboxylic acids is 1. The van der Waals surface area contributed by atoms with Crippen LogP contribution in [0.4, 0.5) is 0 Å². The molecule has 1 saturated heterocycles. The van der Waals surface area contributed by atoms with Gasteiger partial charge in [0, 0.05) is 6.54 Å². The largest absolute Gasteiger partial charge is 0.480 e. The predicted molar refractivity (Wildman–Crippen MR) is 50.9 cm³/mol. The highest BCUT2D eigenvalue weighted by molar-refractivity contribution is 5.85. The molecule has 14 heavy (non-hydrogen) atoms. The van der Waals surface area contributed by atoms with Crippen LogP contribution in [0.5, 0.6) is 0 Å². The van der Waals surface area contributed by atoms with Gasteiger partial charge in [-0.1, -0.05) is 0 Å². The quantitative estimate of drug-likeness (QED) is 0.675. The van der Waals surface area contributed by atoms with Gasteiger partial charge in [-0.15, -0.1) is 0 Å². The van der Waals surface area contributed by atoms with Gasteiger partial charge in [-0.05, 0) is 26.9 Å². The van der Waals surface area contributed by atoms with Gasteiger partial charge in [-0.3, -0.25) is 4.79 Å². The van der Waals surface area contributed by atoms with Crippen LogP contribution in [-0.2, 0) is 9.59 Å². The summed E-state index contributed by atoms with van der Waals surface area (Å²) in [5, 5.41) is 8.86. The Hall–Kier alpha value is -1.10. The van der Waals surface area contributed by atoms with Gasteiger partial charge < -0.3 is 14.9 Å². The molecule has 0 aromatic heterocycles. The highest BCUT2D eigenvalue weighted by Crippen LogP contribution is 2.17. The van der Waals surface area contributed by atoms with Gasteiger partial charge in [-0.25, -0.2) is 4.79 Å². The van der Waals surface area contributed by atoms with Gasteiger partial charge in [0.15, 0.2) is 0 Å². The lowest BCUT2D eigenvalue weighted by Crippen LogP contribution is -2.44. The standard InChI is InChI=1S/C9H16N2O3/c1-10(2)6-8(12)11-5-3-4-7(11)9(13)14/h7H,3-6H2,1-2H3,(H,13,14)/t7-/m1/s1. The fraction of sp³-hybridized carbons (Fsp3) is 0.778. The fourth-order valence-electron chi connectivity index (χ4n) is 1.68. The van der Waals surface area contributed by atoms with E-state index < -0.39 is 12.0 Å². The number of hydrogen-bond acceptors (Lipinski definition) is 3. The molecule has 0 aliphatic carbocycles. The zero-order valence-electron chi connectivity index (χ0n) is 8.56. The number of carboxylic acid groups (broad SMARTS) is 1. The van der Waals surface area contributed by atoms with Crippen molar-refractivity contribution in [1.29, 1.82) is 0 Å². The average Bonchev–Trinajstić information content (AvgIpc) is 2.49. The summed E-state index contributed by atoms with van der Waals surface area (Å²) in [5.41, 5.74) is 0. The van der Waals surface area contributed by atoms with E-state index in [0.717, 1.165) is 6.42 Å². The molecule has 0 unspecified atom stereocenters. The number of carbonyl (C=O) groups is 2. The minimum Gasteiger partial charge on any atom is -0.480 e. The number of likely N-dealkylation sites (tertiary alicyclic amines) is 1. The van der Waals surface area contributed by atoms with Crippen LogP contribution in [0.2, 0.25) is 0 Å².